The van der Waals surface area contributed by atoms with Crippen LogP contribution in [0.3, 0.4) is 0 Å². The standard InChI is InChI=1S/C24H17F3N2O4/c1-31-18-11-9-16(10-12-18)28-22(30)20-13-15-5-2-3-8-21(15)32-23(20)29-17-6-4-7-19(14-17)33-24(25,26)27/h2-14H,1H3,(H,28,30). The second-order valence-electron chi connectivity index (χ2n) is 6.84. The van der Waals surface area contributed by atoms with Gasteiger partial charge in [-0.25, -0.2) is 4.99 Å². The predicted molar refractivity (Wildman–Crippen MR) is 116 cm³/mol. The van der Waals surface area contributed by atoms with Crippen molar-refractivity contribution >= 4 is 28.3 Å². The van der Waals surface area contributed by atoms with E-state index in [0.29, 0.717) is 22.4 Å². The minimum Gasteiger partial charge on any atom is -0.497 e. The zero-order chi connectivity index (χ0) is 23.4. The summed E-state index contributed by atoms with van der Waals surface area (Å²) in [5, 5.41) is 3.41. The van der Waals surface area contributed by atoms with Crippen molar-refractivity contribution < 1.29 is 31.9 Å². The maximum absolute atomic E-state index is 13.0. The molecule has 1 N–H and O–H groups in total. The van der Waals surface area contributed by atoms with E-state index >= 15 is 0 Å². The summed E-state index contributed by atoms with van der Waals surface area (Å²) < 4.78 is 52.6. The van der Waals surface area contributed by atoms with Gasteiger partial charge in [-0.2, -0.15) is 0 Å². The van der Waals surface area contributed by atoms with Gasteiger partial charge < -0.3 is 19.2 Å². The second kappa shape index (κ2) is 9.07. The van der Waals surface area contributed by atoms with E-state index in [1.54, 1.807) is 54.6 Å². The molecule has 0 saturated carbocycles. The molecule has 0 atom stereocenters. The molecule has 3 aromatic carbocycles. The normalized spacial score (nSPS) is 11.9. The molecular formula is C24H17F3N2O4. The number of hydrogen-bond donors (Lipinski definition) is 1. The van der Waals surface area contributed by atoms with E-state index in [9.17, 15) is 18.0 Å². The van der Waals surface area contributed by atoms with Crippen molar-refractivity contribution in [3.8, 4) is 11.5 Å². The Morgan fingerprint density at radius 1 is 0.939 bits per heavy atom. The molecule has 0 fully saturated rings. The molecule has 1 heterocycles. The molecule has 4 aromatic rings. The summed E-state index contributed by atoms with van der Waals surface area (Å²) in [6.07, 6.45) is -4.84. The summed E-state index contributed by atoms with van der Waals surface area (Å²) in [7, 11) is 1.53. The zero-order valence-electron chi connectivity index (χ0n) is 17.2. The average Bonchev–Trinajstić information content (AvgIpc) is 2.78. The first-order valence-electron chi connectivity index (χ1n) is 9.69. The van der Waals surface area contributed by atoms with E-state index in [0.717, 1.165) is 12.1 Å². The average molecular weight is 454 g/mol. The third-order valence-corrected chi connectivity index (χ3v) is 4.53. The number of nitrogens with zero attached hydrogens (tertiary/aromatic N) is 1. The van der Waals surface area contributed by atoms with Gasteiger partial charge in [0.05, 0.1) is 12.8 Å². The van der Waals surface area contributed by atoms with E-state index in [4.69, 9.17) is 9.15 Å². The number of hydrogen-bond acceptors (Lipinski definition) is 5. The van der Waals surface area contributed by atoms with Crippen molar-refractivity contribution in [2.24, 2.45) is 4.99 Å². The van der Waals surface area contributed by atoms with Crippen LogP contribution in [-0.4, -0.2) is 19.4 Å². The Labute approximate surface area is 185 Å². The summed E-state index contributed by atoms with van der Waals surface area (Å²) >= 11 is 0. The Balaban J connectivity index is 1.76. The fraction of sp³-hybridized carbons (Fsp3) is 0.0833. The lowest BCUT2D eigenvalue weighted by atomic mass is 10.1. The smallest absolute Gasteiger partial charge is 0.497 e. The highest BCUT2D eigenvalue weighted by Crippen LogP contribution is 2.26. The van der Waals surface area contributed by atoms with Crippen molar-refractivity contribution in [1.29, 1.82) is 0 Å². The molecule has 33 heavy (non-hydrogen) atoms. The van der Waals surface area contributed by atoms with Crippen molar-refractivity contribution in [3.63, 3.8) is 0 Å². The van der Waals surface area contributed by atoms with Gasteiger partial charge in [-0.1, -0.05) is 24.3 Å². The number of para-hydroxylation sites is 1. The van der Waals surface area contributed by atoms with Crippen molar-refractivity contribution in [2.75, 3.05) is 12.4 Å². The van der Waals surface area contributed by atoms with E-state index in [2.05, 4.69) is 15.0 Å². The van der Waals surface area contributed by atoms with Crippen molar-refractivity contribution in [3.05, 3.63) is 90.0 Å². The summed E-state index contributed by atoms with van der Waals surface area (Å²) in [5.41, 5.74) is 1.13. The van der Waals surface area contributed by atoms with Gasteiger partial charge in [0, 0.05) is 17.1 Å². The van der Waals surface area contributed by atoms with Gasteiger partial charge in [0.1, 0.15) is 22.6 Å². The first-order chi connectivity index (χ1) is 15.8. The molecule has 1 aromatic heterocycles. The first-order valence-corrected chi connectivity index (χ1v) is 9.69. The number of methoxy groups -OCH3 is 1. The Kier molecular flexibility index (Phi) is 6.03. The fourth-order valence-corrected chi connectivity index (χ4v) is 3.06. The summed E-state index contributed by atoms with van der Waals surface area (Å²) in [4.78, 5) is 17.3. The van der Waals surface area contributed by atoms with Crippen LogP contribution in [0.5, 0.6) is 11.5 Å². The lowest BCUT2D eigenvalue weighted by molar-refractivity contribution is -0.274. The Hall–Kier alpha value is -4.27. The van der Waals surface area contributed by atoms with Crippen molar-refractivity contribution in [1.82, 2.24) is 0 Å². The largest absolute Gasteiger partial charge is 0.573 e. The number of ether oxygens (including phenoxy) is 2. The van der Waals surface area contributed by atoms with Gasteiger partial charge in [0.15, 0.2) is 0 Å². The maximum atomic E-state index is 13.0. The summed E-state index contributed by atoms with van der Waals surface area (Å²) in [5.74, 6) is -0.310. The van der Waals surface area contributed by atoms with Crippen LogP contribution in [0.25, 0.3) is 11.0 Å². The fourth-order valence-electron chi connectivity index (χ4n) is 3.06. The molecule has 0 aliphatic heterocycles. The predicted octanol–water partition coefficient (Wildman–Crippen LogP) is 5.82. The molecule has 0 bridgehead atoms. The maximum Gasteiger partial charge on any atom is 0.573 e. The molecule has 0 unspecified atom stereocenters. The number of rotatable bonds is 5. The monoisotopic (exact) mass is 454 g/mol. The van der Waals surface area contributed by atoms with Crippen LogP contribution in [0.4, 0.5) is 24.5 Å². The van der Waals surface area contributed by atoms with E-state index < -0.39 is 18.0 Å². The molecule has 1 amide bonds. The van der Waals surface area contributed by atoms with Crippen molar-refractivity contribution in [2.45, 2.75) is 6.36 Å². The van der Waals surface area contributed by atoms with Crippen LogP contribution in [0.15, 0.2) is 88.3 Å². The van der Waals surface area contributed by atoms with Gasteiger partial charge in [-0.15, -0.1) is 13.2 Å². The van der Waals surface area contributed by atoms with E-state index in [-0.39, 0.29) is 16.8 Å². The minimum atomic E-state index is -4.84. The quantitative estimate of drug-likeness (QED) is 0.412. The number of alkyl halides is 3. The molecule has 168 valence electrons. The lowest BCUT2D eigenvalue weighted by Gasteiger charge is -2.09. The topological polar surface area (TPSA) is 73.1 Å². The molecule has 6 nitrogen and oxygen atoms in total. The molecular weight excluding hydrogens is 437 g/mol. The van der Waals surface area contributed by atoms with E-state index in [1.165, 1.54) is 19.2 Å². The van der Waals surface area contributed by atoms with Gasteiger partial charge >= 0.3 is 6.36 Å². The molecule has 0 spiro atoms. The molecule has 9 heteroatoms. The Morgan fingerprint density at radius 2 is 1.70 bits per heavy atom. The van der Waals surface area contributed by atoms with Gasteiger partial charge in [0.2, 0.25) is 5.55 Å². The summed E-state index contributed by atoms with van der Waals surface area (Å²) in [6, 6.07) is 20.4. The van der Waals surface area contributed by atoms with Crippen LogP contribution in [0, 0.1) is 0 Å². The number of amides is 1. The molecule has 0 radical (unpaired) electrons. The van der Waals surface area contributed by atoms with Gasteiger partial charge in [-0.3, -0.25) is 4.79 Å². The number of fused-ring (bicyclic) bond motifs is 1. The molecule has 0 aliphatic rings. The van der Waals surface area contributed by atoms with Gasteiger partial charge in [-0.05, 0) is 48.5 Å². The molecule has 4 rings (SSSR count). The SMILES string of the molecule is COc1ccc(NC(=O)c2cc3ccccc3oc2=Nc2cccc(OC(F)(F)F)c2)cc1. The second-order valence-corrected chi connectivity index (χ2v) is 6.84. The number of carbonyl (C=O) groups is 1. The summed E-state index contributed by atoms with van der Waals surface area (Å²) in [6.45, 7) is 0. The molecule has 0 aliphatic carbocycles. The number of anilines is 1. The van der Waals surface area contributed by atoms with Gasteiger partial charge in [0.25, 0.3) is 5.91 Å². The highest BCUT2D eigenvalue weighted by molar-refractivity contribution is 6.05. The number of benzene rings is 3. The highest BCUT2D eigenvalue weighted by Gasteiger charge is 2.31. The lowest BCUT2D eigenvalue weighted by Crippen LogP contribution is -2.21. The zero-order valence-corrected chi connectivity index (χ0v) is 17.2. The molecule has 0 saturated heterocycles. The number of halogens is 3. The van der Waals surface area contributed by atoms with Crippen LogP contribution in [0.2, 0.25) is 0 Å². The van der Waals surface area contributed by atoms with Crippen LogP contribution in [-0.2, 0) is 0 Å². The van der Waals surface area contributed by atoms with E-state index in [1.807, 2.05) is 0 Å². The van der Waals surface area contributed by atoms with Crippen LogP contribution >= 0.6 is 0 Å². The third-order valence-electron chi connectivity index (χ3n) is 4.53. The Morgan fingerprint density at radius 3 is 2.42 bits per heavy atom. The minimum absolute atomic E-state index is 0.0659. The third kappa shape index (κ3) is 5.51. The highest BCUT2D eigenvalue weighted by atomic mass is 19.4. The number of nitrogens with one attached hydrogen (secondary N) is 1. The first kappa shape index (κ1) is 21.9. The van der Waals surface area contributed by atoms with Crippen LogP contribution < -0.4 is 20.3 Å². The Bertz CT molecular complexity index is 1360. The number of carbonyl (C=O) groups excluding carboxylic acids is 1. The van der Waals surface area contributed by atoms with Crippen LogP contribution in [0.1, 0.15) is 10.4 Å².